The molecule has 0 bridgehead atoms. The van der Waals surface area contributed by atoms with Gasteiger partial charge in [0.1, 0.15) is 30.1 Å². The van der Waals surface area contributed by atoms with E-state index in [9.17, 15) is 23.2 Å². The Morgan fingerprint density at radius 1 is 1.11 bits per heavy atom. The number of hydrogen-bond acceptors (Lipinski definition) is 13. The third kappa shape index (κ3) is 13.2. The number of hydrogen-bond donors (Lipinski definition) is 1. The van der Waals surface area contributed by atoms with Crippen LogP contribution in [0, 0.1) is 28.8 Å². The molecule has 1 saturated heterocycles. The highest BCUT2D eigenvalue weighted by molar-refractivity contribution is 8.00. The van der Waals surface area contributed by atoms with Crippen molar-refractivity contribution in [2.75, 3.05) is 47.2 Å². The van der Waals surface area contributed by atoms with Gasteiger partial charge in [-0.3, -0.25) is 9.59 Å². The van der Waals surface area contributed by atoms with E-state index in [1.54, 1.807) is 25.2 Å². The molecular formula is C37H41F3N6O8S. The predicted octanol–water partition coefficient (Wildman–Crippen LogP) is 4.71. The van der Waals surface area contributed by atoms with E-state index in [4.69, 9.17) is 28.9 Å². The second kappa shape index (κ2) is 21.0. The third-order valence-electron chi connectivity index (χ3n) is 8.08. The molecule has 2 aromatic carbocycles. The summed E-state index contributed by atoms with van der Waals surface area (Å²) in [7, 11) is 3.71. The van der Waals surface area contributed by atoms with Crippen molar-refractivity contribution in [3.63, 3.8) is 0 Å². The molecule has 0 saturated carbocycles. The highest BCUT2D eigenvalue weighted by Crippen LogP contribution is 2.42. The van der Waals surface area contributed by atoms with Gasteiger partial charge in [-0.1, -0.05) is 24.3 Å². The number of likely N-dealkylation sites (N-methyl/N-ethyl adjacent to an activating group) is 1. The van der Waals surface area contributed by atoms with Crippen LogP contribution in [0.15, 0.2) is 67.3 Å². The van der Waals surface area contributed by atoms with Gasteiger partial charge in [-0.2, -0.15) is 10.4 Å². The van der Waals surface area contributed by atoms with Crippen LogP contribution in [0.5, 0.6) is 0 Å². The van der Waals surface area contributed by atoms with Crippen molar-refractivity contribution < 1.29 is 51.2 Å². The van der Waals surface area contributed by atoms with Crippen LogP contribution in [-0.4, -0.2) is 102 Å². The van der Waals surface area contributed by atoms with E-state index in [0.717, 1.165) is 18.2 Å². The van der Waals surface area contributed by atoms with Crippen molar-refractivity contribution in [2.45, 2.75) is 48.7 Å². The van der Waals surface area contributed by atoms with Crippen molar-refractivity contribution in [3.8, 4) is 6.07 Å². The summed E-state index contributed by atoms with van der Waals surface area (Å²) < 4.78 is 72.8. The smallest absolute Gasteiger partial charge is 0.428 e. The van der Waals surface area contributed by atoms with Gasteiger partial charge >= 0.3 is 12.1 Å². The van der Waals surface area contributed by atoms with E-state index in [1.807, 2.05) is 25.1 Å². The summed E-state index contributed by atoms with van der Waals surface area (Å²) in [5.74, 6) is -3.56. The molecule has 1 fully saturated rings. The maximum Gasteiger partial charge on any atom is 0.512 e. The number of esters is 1. The Balaban J connectivity index is 1.41. The third-order valence-corrected chi connectivity index (χ3v) is 9.53. The standard InChI is InChI=1S/C37H41F3N6O8S/c1-25(55-29-19-50-35(51-20-29)7-5-4-6-27-9-8-26(18-41)16-31(27)39)37(21-46-23-42-22-44-46,30-11-10-28(38)17-32(30)40)54-36(49)53-24-52-34(48)13-12-33(47)43-14-15-45(2)3/h4-11,16-17,22-23,25,29,35H,12-15,19-21,24H2,1-3H3,(H,43,47)/b6-4+,7-5+/t25-,29?,35?,37-/m1/s1. The normalized spacial score (nSPS) is 17.4. The lowest BCUT2D eigenvalue weighted by Crippen LogP contribution is -2.47. The van der Waals surface area contributed by atoms with E-state index in [-0.39, 0.29) is 54.9 Å². The summed E-state index contributed by atoms with van der Waals surface area (Å²) >= 11 is 1.24. The van der Waals surface area contributed by atoms with Crippen molar-refractivity contribution in [1.82, 2.24) is 25.0 Å². The molecule has 18 heteroatoms. The number of ether oxygens (including phenoxy) is 5. The zero-order chi connectivity index (χ0) is 39.8. The number of amides is 1. The van der Waals surface area contributed by atoms with Crippen LogP contribution in [-0.2, 0) is 45.4 Å². The van der Waals surface area contributed by atoms with Crippen molar-refractivity contribution in [2.24, 2.45) is 0 Å². The molecule has 3 aromatic rings. The number of nitrogens with zero attached hydrogens (tertiary/aromatic N) is 5. The number of rotatable bonds is 18. The Labute approximate surface area is 320 Å². The van der Waals surface area contributed by atoms with Crippen LogP contribution < -0.4 is 5.32 Å². The number of thioether (sulfide) groups is 1. The number of carbonyl (C=O) groups is 3. The van der Waals surface area contributed by atoms with Crippen LogP contribution >= 0.6 is 11.8 Å². The maximum absolute atomic E-state index is 15.6. The summed E-state index contributed by atoms with van der Waals surface area (Å²) in [5.41, 5.74) is -1.58. The van der Waals surface area contributed by atoms with Crippen LogP contribution in [0.2, 0.25) is 0 Å². The summed E-state index contributed by atoms with van der Waals surface area (Å²) in [5, 5.41) is 14.5. The summed E-state index contributed by atoms with van der Waals surface area (Å²) in [6, 6.07) is 8.86. The van der Waals surface area contributed by atoms with Gasteiger partial charge in [0.15, 0.2) is 11.9 Å². The molecular weight excluding hydrogens is 746 g/mol. The monoisotopic (exact) mass is 786 g/mol. The average Bonchev–Trinajstić information content (AvgIpc) is 3.66. The molecule has 0 unspecified atom stereocenters. The highest BCUT2D eigenvalue weighted by atomic mass is 32.2. The molecule has 0 aliphatic carbocycles. The first-order valence-corrected chi connectivity index (χ1v) is 18.0. The number of nitrogens with one attached hydrogen (secondary N) is 1. The molecule has 14 nitrogen and oxygen atoms in total. The number of benzene rings is 2. The van der Waals surface area contributed by atoms with Gasteiger partial charge in [0.05, 0.1) is 43.1 Å². The molecule has 2 atom stereocenters. The van der Waals surface area contributed by atoms with Crippen LogP contribution in [0.3, 0.4) is 0 Å². The molecule has 55 heavy (non-hydrogen) atoms. The minimum absolute atomic E-state index is 0.139. The van der Waals surface area contributed by atoms with Crippen LogP contribution in [0.4, 0.5) is 18.0 Å². The minimum Gasteiger partial charge on any atom is -0.428 e. The first kappa shape index (κ1) is 42.5. The Kier molecular flexibility index (Phi) is 16.3. The van der Waals surface area contributed by atoms with Gasteiger partial charge < -0.3 is 33.9 Å². The zero-order valence-electron chi connectivity index (χ0n) is 30.4. The lowest BCUT2D eigenvalue weighted by molar-refractivity contribution is -0.156. The molecule has 1 aliphatic rings. The molecule has 1 aromatic heterocycles. The fourth-order valence-electron chi connectivity index (χ4n) is 5.24. The van der Waals surface area contributed by atoms with Crippen molar-refractivity contribution in [1.29, 1.82) is 5.26 Å². The van der Waals surface area contributed by atoms with Gasteiger partial charge in [0.2, 0.25) is 12.7 Å². The molecule has 4 rings (SSSR count). The summed E-state index contributed by atoms with van der Waals surface area (Å²) in [4.78, 5) is 43.2. The number of allylic oxidation sites excluding steroid dienone is 2. The maximum atomic E-state index is 15.6. The van der Waals surface area contributed by atoms with E-state index in [2.05, 4.69) is 15.4 Å². The minimum atomic E-state index is -1.90. The fourth-order valence-corrected chi connectivity index (χ4v) is 6.60. The first-order chi connectivity index (χ1) is 26.4. The van der Waals surface area contributed by atoms with Gasteiger partial charge in [-0.25, -0.2) is 27.6 Å². The Hall–Kier alpha value is -5.22. The Morgan fingerprint density at radius 2 is 1.89 bits per heavy atom. The number of aromatic nitrogens is 3. The predicted molar refractivity (Wildman–Crippen MR) is 193 cm³/mol. The van der Waals surface area contributed by atoms with Gasteiger partial charge in [0, 0.05) is 42.0 Å². The first-order valence-electron chi connectivity index (χ1n) is 17.0. The van der Waals surface area contributed by atoms with Crippen LogP contribution in [0.25, 0.3) is 6.08 Å². The Morgan fingerprint density at radius 3 is 2.56 bits per heavy atom. The molecule has 1 aliphatic heterocycles. The van der Waals surface area contributed by atoms with E-state index in [1.165, 1.54) is 47.3 Å². The fraction of sp³-hybridized carbons (Fsp3) is 0.405. The van der Waals surface area contributed by atoms with Crippen molar-refractivity contribution >= 4 is 35.9 Å². The zero-order valence-corrected chi connectivity index (χ0v) is 31.2. The molecule has 1 amide bonds. The second-order valence-electron chi connectivity index (χ2n) is 12.4. The molecule has 2 heterocycles. The highest BCUT2D eigenvalue weighted by Gasteiger charge is 2.47. The average molecular weight is 787 g/mol. The number of carbonyl (C=O) groups excluding carboxylic acids is 3. The summed E-state index contributed by atoms with van der Waals surface area (Å²) in [6.07, 6.45) is 6.46. The largest absolute Gasteiger partial charge is 0.512 e. The molecule has 1 N–H and O–H groups in total. The topological polar surface area (TPSA) is 167 Å². The van der Waals surface area contributed by atoms with E-state index in [0.29, 0.717) is 24.7 Å². The molecule has 294 valence electrons. The molecule has 0 radical (unpaired) electrons. The van der Waals surface area contributed by atoms with Gasteiger partial charge in [-0.05, 0) is 51.4 Å². The van der Waals surface area contributed by atoms with Gasteiger partial charge in [-0.15, -0.1) is 11.8 Å². The van der Waals surface area contributed by atoms with E-state index >= 15 is 4.39 Å². The summed E-state index contributed by atoms with van der Waals surface area (Å²) in [6.45, 7) is 1.88. The van der Waals surface area contributed by atoms with E-state index < -0.39 is 53.5 Å². The quantitative estimate of drug-likeness (QED) is 0.107. The lowest BCUT2D eigenvalue weighted by Gasteiger charge is -2.40. The lowest BCUT2D eigenvalue weighted by atomic mass is 9.89. The van der Waals surface area contributed by atoms with Crippen LogP contribution in [0.1, 0.15) is 36.5 Å². The Bertz CT molecular complexity index is 1850. The number of nitriles is 1. The second-order valence-corrected chi connectivity index (χ2v) is 14.1. The van der Waals surface area contributed by atoms with Gasteiger partial charge in [0.25, 0.3) is 0 Å². The van der Waals surface area contributed by atoms with Crippen molar-refractivity contribution in [3.05, 3.63) is 101 Å². The SMILES string of the molecule is C[C@@H](SC1COC(/C=C/C=C/c2ccc(C#N)cc2F)OC1)[C@@](Cn1cncn1)(OC(=O)OCOC(=O)CCC(=O)NCCN(C)C)c1ccc(F)cc1F. The molecule has 0 spiro atoms. The number of halogens is 3.